The summed E-state index contributed by atoms with van der Waals surface area (Å²) in [4.78, 5) is 60.5. The minimum atomic E-state index is -0.414. The zero-order valence-corrected chi connectivity index (χ0v) is 28.0. The normalized spacial score (nSPS) is 20.0. The first-order valence-electron chi connectivity index (χ1n) is 15.9. The maximum absolute atomic E-state index is 13.2. The predicted molar refractivity (Wildman–Crippen MR) is 184 cm³/mol. The second-order valence-corrected chi connectivity index (χ2v) is 13.9. The van der Waals surface area contributed by atoms with Crippen molar-refractivity contribution < 1.29 is 28.0 Å². The molecule has 2 amide bonds. The third-order valence-electron chi connectivity index (χ3n) is 8.66. The molecule has 0 unspecified atom stereocenters. The van der Waals surface area contributed by atoms with E-state index in [0.29, 0.717) is 59.6 Å². The summed E-state index contributed by atoms with van der Waals surface area (Å²) < 4.78 is 26.5. The van der Waals surface area contributed by atoms with Crippen LogP contribution in [-0.4, -0.2) is 58.5 Å². The highest BCUT2D eigenvalue weighted by Crippen LogP contribution is 2.29. The Kier molecular flexibility index (Phi) is 9.68. The number of nitrogens with zero attached hydrogens (tertiary/aromatic N) is 2. The molecule has 0 saturated carbocycles. The Bertz CT molecular complexity index is 1900. The summed E-state index contributed by atoms with van der Waals surface area (Å²) in [5.41, 5.74) is 2.16. The second-order valence-electron chi connectivity index (χ2n) is 12.1. The van der Waals surface area contributed by atoms with Crippen LogP contribution in [0.3, 0.4) is 0 Å². The van der Waals surface area contributed by atoms with Crippen LogP contribution in [0.15, 0.2) is 83.6 Å². The highest BCUT2D eigenvalue weighted by atomic mass is 32.1. The zero-order chi connectivity index (χ0) is 34.8. The third-order valence-corrected chi connectivity index (χ3v) is 10.6. The monoisotopic (exact) mass is 712 g/mol. The number of nitrogens with one attached hydrogen (secondary N) is 4. The van der Waals surface area contributed by atoms with Crippen molar-refractivity contribution in [1.82, 2.24) is 31.2 Å². The SMILES string of the molecule is O=C(N[C@@H]1CN[C@H](c2nc(C(=O)c3ccc(F)cc3)cs2)C1)c1ccc(C(=O)N[C@@H]2CN[C@H](c3nc(C(=O)c4ccc(F)cc4)cs3)C2)cc1. The first-order chi connectivity index (χ1) is 24.2. The van der Waals surface area contributed by atoms with Crippen LogP contribution in [0.25, 0.3) is 0 Å². The van der Waals surface area contributed by atoms with Gasteiger partial charge in [-0.15, -0.1) is 22.7 Å². The fourth-order valence-corrected chi connectivity index (χ4v) is 7.75. The number of hydrogen-bond acceptors (Lipinski definition) is 10. The average molecular weight is 713 g/mol. The summed E-state index contributed by atoms with van der Waals surface area (Å²) in [7, 11) is 0. The fourth-order valence-electron chi connectivity index (χ4n) is 5.98. The predicted octanol–water partition coefficient (Wildman–Crippen LogP) is 5.01. The minimum Gasteiger partial charge on any atom is -0.348 e. The van der Waals surface area contributed by atoms with Crippen molar-refractivity contribution in [2.24, 2.45) is 0 Å². The van der Waals surface area contributed by atoms with Gasteiger partial charge in [0.2, 0.25) is 11.6 Å². The molecule has 4 heterocycles. The molecule has 10 nitrogen and oxygen atoms in total. The second kappa shape index (κ2) is 14.5. The largest absolute Gasteiger partial charge is 0.348 e. The van der Waals surface area contributed by atoms with E-state index in [0.717, 1.165) is 10.0 Å². The third kappa shape index (κ3) is 7.43. The van der Waals surface area contributed by atoms with Crippen LogP contribution in [0.2, 0.25) is 0 Å². The van der Waals surface area contributed by atoms with E-state index in [9.17, 15) is 28.0 Å². The lowest BCUT2D eigenvalue weighted by Crippen LogP contribution is -2.37. The summed E-state index contributed by atoms with van der Waals surface area (Å²) in [6.07, 6.45) is 1.18. The summed E-state index contributed by atoms with van der Waals surface area (Å²) in [6, 6.07) is 16.6. The van der Waals surface area contributed by atoms with E-state index < -0.39 is 11.6 Å². The molecule has 0 spiro atoms. The van der Waals surface area contributed by atoms with Crippen molar-refractivity contribution in [3.8, 4) is 0 Å². The highest BCUT2D eigenvalue weighted by molar-refractivity contribution is 7.10. The number of amides is 2. The van der Waals surface area contributed by atoms with Crippen LogP contribution in [0, 0.1) is 11.6 Å². The molecule has 2 fully saturated rings. The maximum atomic E-state index is 13.2. The first kappa shape index (κ1) is 33.5. The number of ketones is 2. The number of carbonyl (C=O) groups is 4. The van der Waals surface area contributed by atoms with Crippen LogP contribution in [0.1, 0.15) is 87.8 Å². The van der Waals surface area contributed by atoms with E-state index in [1.807, 2.05) is 0 Å². The summed E-state index contributed by atoms with van der Waals surface area (Å²) in [5.74, 6) is -1.91. The molecule has 0 radical (unpaired) electrons. The summed E-state index contributed by atoms with van der Waals surface area (Å²) in [6.45, 7) is 1.06. The number of carbonyl (C=O) groups excluding carboxylic acids is 4. The minimum absolute atomic E-state index is 0.127. The highest BCUT2D eigenvalue weighted by Gasteiger charge is 2.31. The Morgan fingerprint density at radius 3 is 1.32 bits per heavy atom. The van der Waals surface area contributed by atoms with Crippen LogP contribution in [0.4, 0.5) is 8.78 Å². The van der Waals surface area contributed by atoms with Crippen LogP contribution < -0.4 is 21.3 Å². The standard InChI is InChI=1S/C36H30F2N6O4S2/c37-23-9-5-19(6-10-23)31(45)29-17-49-35(43-29)27-13-25(15-39-27)41-33(47)21-1-2-22(4-3-21)34(48)42-26-14-28(40-16-26)36-44-30(18-50-36)32(46)20-7-11-24(38)12-8-20/h1-12,17-18,25-28,39-40H,13-16H2,(H,41,47)(H,42,48)/t25-,26-,27-,28-/m0/s1. The quantitative estimate of drug-likeness (QED) is 0.148. The van der Waals surface area contributed by atoms with Gasteiger partial charge < -0.3 is 21.3 Å². The van der Waals surface area contributed by atoms with Crippen LogP contribution in [0.5, 0.6) is 0 Å². The molecule has 0 bridgehead atoms. The van der Waals surface area contributed by atoms with E-state index >= 15 is 0 Å². The Balaban J connectivity index is 0.879. The van der Waals surface area contributed by atoms with Crippen molar-refractivity contribution in [3.63, 3.8) is 0 Å². The summed E-state index contributed by atoms with van der Waals surface area (Å²) >= 11 is 2.72. The van der Waals surface area contributed by atoms with Crippen molar-refractivity contribution in [2.75, 3.05) is 13.1 Å². The molecule has 2 saturated heterocycles. The molecule has 2 aliphatic heterocycles. The number of benzene rings is 3. The van der Waals surface area contributed by atoms with E-state index in [-0.39, 0.29) is 47.5 Å². The van der Waals surface area contributed by atoms with Gasteiger partial charge in [0.05, 0.1) is 12.1 Å². The van der Waals surface area contributed by atoms with Gasteiger partial charge in [-0.1, -0.05) is 0 Å². The van der Waals surface area contributed by atoms with Gasteiger partial charge in [0.25, 0.3) is 11.8 Å². The van der Waals surface area contributed by atoms with Gasteiger partial charge in [0.15, 0.2) is 0 Å². The number of aromatic nitrogens is 2. The Morgan fingerprint density at radius 1 is 0.580 bits per heavy atom. The Labute approximate surface area is 293 Å². The van der Waals surface area contributed by atoms with Crippen LogP contribution in [-0.2, 0) is 0 Å². The van der Waals surface area contributed by atoms with Gasteiger partial charge in [-0.25, -0.2) is 18.7 Å². The Morgan fingerprint density at radius 2 is 0.940 bits per heavy atom. The number of thiazole rings is 2. The number of rotatable bonds is 10. The van der Waals surface area contributed by atoms with E-state index in [1.165, 1.54) is 71.2 Å². The van der Waals surface area contributed by atoms with Crippen molar-refractivity contribution >= 4 is 46.1 Å². The molecular formula is C36H30F2N6O4S2. The van der Waals surface area contributed by atoms with Crippen molar-refractivity contribution in [3.05, 3.63) is 139 Å². The lowest BCUT2D eigenvalue weighted by Gasteiger charge is -2.13. The molecule has 4 N–H and O–H groups in total. The molecule has 254 valence electrons. The lowest BCUT2D eigenvalue weighted by molar-refractivity contribution is 0.0927. The van der Waals surface area contributed by atoms with Gasteiger partial charge in [0.1, 0.15) is 33.0 Å². The molecule has 5 aromatic rings. The van der Waals surface area contributed by atoms with Gasteiger partial charge in [-0.2, -0.15) is 0 Å². The average Bonchev–Trinajstić information content (AvgIpc) is 3.96. The first-order valence-corrected chi connectivity index (χ1v) is 17.7. The van der Waals surface area contributed by atoms with E-state index in [4.69, 9.17) is 0 Å². The van der Waals surface area contributed by atoms with Crippen LogP contribution >= 0.6 is 22.7 Å². The molecule has 2 aliphatic rings. The molecule has 2 aromatic heterocycles. The van der Waals surface area contributed by atoms with Crippen molar-refractivity contribution in [1.29, 1.82) is 0 Å². The molecule has 4 atom stereocenters. The fraction of sp³-hybridized carbons (Fsp3) is 0.222. The zero-order valence-electron chi connectivity index (χ0n) is 26.3. The van der Waals surface area contributed by atoms with Crippen molar-refractivity contribution in [2.45, 2.75) is 37.0 Å². The van der Waals surface area contributed by atoms with Gasteiger partial charge in [-0.05, 0) is 85.6 Å². The van der Waals surface area contributed by atoms with E-state index in [2.05, 4.69) is 31.2 Å². The topological polar surface area (TPSA) is 142 Å². The molecular weight excluding hydrogens is 683 g/mol. The van der Waals surface area contributed by atoms with Gasteiger partial charge >= 0.3 is 0 Å². The number of hydrogen-bond donors (Lipinski definition) is 4. The molecule has 14 heteroatoms. The van der Waals surface area contributed by atoms with E-state index in [1.54, 1.807) is 35.0 Å². The summed E-state index contributed by atoms with van der Waals surface area (Å²) in [5, 5.41) is 17.6. The maximum Gasteiger partial charge on any atom is 0.251 e. The molecule has 50 heavy (non-hydrogen) atoms. The lowest BCUT2D eigenvalue weighted by atomic mass is 10.1. The number of halogens is 2. The Hall–Kier alpha value is -5.02. The van der Waals surface area contributed by atoms with Gasteiger partial charge in [-0.3, -0.25) is 19.2 Å². The molecule has 0 aliphatic carbocycles. The van der Waals surface area contributed by atoms with Gasteiger partial charge in [0, 0.05) is 58.2 Å². The molecule has 7 rings (SSSR count). The smallest absolute Gasteiger partial charge is 0.251 e. The molecule has 3 aromatic carbocycles.